The molecule has 0 spiro atoms. The highest BCUT2D eigenvalue weighted by atomic mass is 32.2. The maximum Gasteiger partial charge on any atom is 0.242 e. The van der Waals surface area contributed by atoms with Crippen LogP contribution >= 0.6 is 24.0 Å². The largest absolute Gasteiger partial charge is 0.490 e. The Kier molecular flexibility index (Phi) is 7.12. The van der Waals surface area contributed by atoms with E-state index >= 15 is 0 Å². The SMILES string of the molecule is CCOc1cc(C[C@H]2SC(=S)N(Cc3ccco3)C2=O)ccc1OCc1ccccc1F. The van der Waals surface area contributed by atoms with Gasteiger partial charge >= 0.3 is 0 Å². The highest BCUT2D eigenvalue weighted by molar-refractivity contribution is 8.24. The van der Waals surface area contributed by atoms with E-state index in [1.807, 2.05) is 25.1 Å². The van der Waals surface area contributed by atoms with Crippen LogP contribution in [0.4, 0.5) is 4.39 Å². The van der Waals surface area contributed by atoms with Gasteiger partial charge in [0.25, 0.3) is 0 Å². The number of benzene rings is 2. The van der Waals surface area contributed by atoms with Crippen LogP contribution in [0.5, 0.6) is 11.5 Å². The van der Waals surface area contributed by atoms with Crippen molar-refractivity contribution < 1.29 is 23.1 Å². The fourth-order valence-corrected chi connectivity index (χ4v) is 4.91. The van der Waals surface area contributed by atoms with Crippen molar-refractivity contribution in [2.75, 3.05) is 6.61 Å². The van der Waals surface area contributed by atoms with Crippen LogP contribution in [0.2, 0.25) is 0 Å². The van der Waals surface area contributed by atoms with Crippen molar-refractivity contribution in [3.05, 3.63) is 83.6 Å². The zero-order valence-electron chi connectivity index (χ0n) is 17.5. The van der Waals surface area contributed by atoms with Crippen LogP contribution in [0.25, 0.3) is 0 Å². The molecule has 2 heterocycles. The summed E-state index contributed by atoms with van der Waals surface area (Å²) in [6.07, 6.45) is 2.08. The molecule has 8 heteroatoms. The number of thioether (sulfide) groups is 1. The molecule has 1 fully saturated rings. The summed E-state index contributed by atoms with van der Waals surface area (Å²) in [7, 11) is 0. The van der Waals surface area contributed by atoms with Crippen LogP contribution in [0, 0.1) is 5.82 Å². The predicted octanol–water partition coefficient (Wildman–Crippen LogP) is 5.37. The number of ether oxygens (including phenoxy) is 2. The summed E-state index contributed by atoms with van der Waals surface area (Å²) in [6.45, 7) is 2.77. The minimum atomic E-state index is -0.311. The minimum Gasteiger partial charge on any atom is -0.490 e. The molecule has 3 aromatic rings. The molecule has 1 aromatic heterocycles. The molecule has 0 N–H and O–H groups in total. The van der Waals surface area contributed by atoms with Gasteiger partial charge in [-0.05, 0) is 49.2 Å². The quantitative estimate of drug-likeness (QED) is 0.391. The monoisotopic (exact) mass is 471 g/mol. The van der Waals surface area contributed by atoms with Gasteiger partial charge in [-0.15, -0.1) is 0 Å². The van der Waals surface area contributed by atoms with E-state index in [0.717, 1.165) is 5.56 Å². The van der Waals surface area contributed by atoms with Crippen LogP contribution in [0.1, 0.15) is 23.8 Å². The Morgan fingerprint density at radius 2 is 1.97 bits per heavy atom. The van der Waals surface area contributed by atoms with E-state index in [1.165, 1.54) is 17.8 Å². The van der Waals surface area contributed by atoms with Gasteiger partial charge in [0, 0.05) is 5.56 Å². The first kappa shape index (κ1) is 22.4. The second kappa shape index (κ2) is 10.2. The van der Waals surface area contributed by atoms with Gasteiger partial charge in [-0.1, -0.05) is 48.2 Å². The third kappa shape index (κ3) is 5.14. The number of thiocarbonyl (C=S) groups is 1. The maximum atomic E-state index is 13.9. The fourth-order valence-electron chi connectivity index (χ4n) is 3.38. The van der Waals surface area contributed by atoms with Crippen LogP contribution in [0.3, 0.4) is 0 Å². The molecule has 4 rings (SSSR count). The molecular weight excluding hydrogens is 449 g/mol. The first-order chi connectivity index (χ1) is 15.5. The number of carbonyl (C=O) groups is 1. The van der Waals surface area contributed by atoms with Gasteiger partial charge in [-0.25, -0.2) is 4.39 Å². The van der Waals surface area contributed by atoms with Crippen molar-refractivity contribution in [2.45, 2.75) is 31.7 Å². The summed E-state index contributed by atoms with van der Waals surface area (Å²) in [5.41, 5.74) is 1.40. The Bertz CT molecular complexity index is 1100. The Balaban J connectivity index is 1.44. The molecule has 32 heavy (non-hydrogen) atoms. The molecule has 5 nitrogen and oxygen atoms in total. The number of nitrogens with zero attached hydrogens (tertiary/aromatic N) is 1. The Hall–Kier alpha value is -2.84. The maximum absolute atomic E-state index is 13.9. The molecular formula is C24H22FNO4S2. The van der Waals surface area contributed by atoms with E-state index in [4.69, 9.17) is 26.1 Å². The highest BCUT2D eigenvalue weighted by Crippen LogP contribution is 2.34. The lowest BCUT2D eigenvalue weighted by Gasteiger charge is -2.15. The average molecular weight is 472 g/mol. The smallest absolute Gasteiger partial charge is 0.242 e. The Morgan fingerprint density at radius 1 is 1.12 bits per heavy atom. The van der Waals surface area contributed by atoms with Gasteiger partial charge in [0.05, 0.1) is 24.7 Å². The molecule has 1 amide bonds. The normalized spacial score (nSPS) is 15.9. The fraction of sp³-hybridized carbons (Fsp3) is 0.250. The molecule has 0 bridgehead atoms. The minimum absolute atomic E-state index is 0.0331. The number of rotatable bonds is 9. The van der Waals surface area contributed by atoms with E-state index in [1.54, 1.807) is 41.5 Å². The van der Waals surface area contributed by atoms with Gasteiger partial charge < -0.3 is 13.9 Å². The van der Waals surface area contributed by atoms with E-state index < -0.39 is 0 Å². The van der Waals surface area contributed by atoms with E-state index in [2.05, 4.69) is 0 Å². The zero-order valence-corrected chi connectivity index (χ0v) is 19.1. The third-order valence-corrected chi connectivity index (χ3v) is 6.55. The molecule has 0 unspecified atom stereocenters. The predicted molar refractivity (Wildman–Crippen MR) is 125 cm³/mol. The molecule has 1 atom stereocenters. The lowest BCUT2D eigenvalue weighted by molar-refractivity contribution is -0.126. The van der Waals surface area contributed by atoms with Crippen molar-refractivity contribution in [3.8, 4) is 11.5 Å². The molecule has 2 aromatic carbocycles. The first-order valence-corrected chi connectivity index (χ1v) is 11.5. The molecule has 0 radical (unpaired) electrons. The van der Waals surface area contributed by atoms with E-state index in [9.17, 15) is 9.18 Å². The van der Waals surface area contributed by atoms with Crippen molar-refractivity contribution >= 4 is 34.2 Å². The molecule has 166 valence electrons. The molecule has 0 saturated carbocycles. The van der Waals surface area contributed by atoms with Gasteiger partial charge in [-0.2, -0.15) is 0 Å². The van der Waals surface area contributed by atoms with E-state index in [-0.39, 0.29) is 23.6 Å². The topological polar surface area (TPSA) is 51.9 Å². The lowest BCUT2D eigenvalue weighted by Crippen LogP contribution is -2.31. The summed E-state index contributed by atoms with van der Waals surface area (Å²) < 4.78 is 31.3. The van der Waals surface area contributed by atoms with Gasteiger partial charge in [-0.3, -0.25) is 9.69 Å². The summed E-state index contributed by atoms with van der Waals surface area (Å²) in [5, 5.41) is -0.308. The highest BCUT2D eigenvalue weighted by Gasteiger charge is 2.37. The molecule has 0 aliphatic carbocycles. The number of hydrogen-bond donors (Lipinski definition) is 0. The number of carbonyl (C=O) groups excluding carboxylic acids is 1. The van der Waals surface area contributed by atoms with Crippen LogP contribution in [-0.4, -0.2) is 27.0 Å². The van der Waals surface area contributed by atoms with Crippen molar-refractivity contribution in [1.82, 2.24) is 4.90 Å². The summed E-state index contributed by atoms with van der Waals surface area (Å²) in [5.74, 6) is 1.44. The summed E-state index contributed by atoms with van der Waals surface area (Å²) in [6, 6.07) is 15.7. The van der Waals surface area contributed by atoms with Crippen molar-refractivity contribution in [1.29, 1.82) is 0 Å². The lowest BCUT2D eigenvalue weighted by atomic mass is 10.1. The van der Waals surface area contributed by atoms with Crippen LogP contribution < -0.4 is 9.47 Å². The molecule has 1 aliphatic heterocycles. The standard InChI is InChI=1S/C24H22FNO4S2/c1-2-28-21-12-16(9-10-20(21)30-15-17-6-3-4-8-19(17)25)13-22-23(27)26(24(31)32-22)14-18-7-5-11-29-18/h3-12,22H,2,13-15H2,1H3/t22-/m1/s1. The van der Waals surface area contributed by atoms with Crippen molar-refractivity contribution in [2.24, 2.45) is 0 Å². The second-order valence-electron chi connectivity index (χ2n) is 7.17. The van der Waals surface area contributed by atoms with E-state index in [0.29, 0.717) is 46.7 Å². The molecule has 1 saturated heterocycles. The third-order valence-electron chi connectivity index (χ3n) is 4.97. The Labute approximate surface area is 195 Å². The van der Waals surface area contributed by atoms with Crippen LogP contribution in [-0.2, 0) is 24.4 Å². The number of amides is 1. The van der Waals surface area contributed by atoms with Crippen molar-refractivity contribution in [3.63, 3.8) is 0 Å². The second-order valence-corrected chi connectivity index (χ2v) is 9.01. The Morgan fingerprint density at radius 3 is 2.72 bits per heavy atom. The average Bonchev–Trinajstić information content (AvgIpc) is 3.39. The first-order valence-electron chi connectivity index (χ1n) is 10.2. The van der Waals surface area contributed by atoms with Gasteiger partial charge in [0.2, 0.25) is 5.91 Å². The molecule has 1 aliphatic rings. The number of hydrogen-bond acceptors (Lipinski definition) is 6. The summed E-state index contributed by atoms with van der Waals surface area (Å²) >= 11 is 6.80. The zero-order chi connectivity index (χ0) is 22.5. The van der Waals surface area contributed by atoms with Gasteiger partial charge in [0.15, 0.2) is 11.5 Å². The van der Waals surface area contributed by atoms with Gasteiger partial charge in [0.1, 0.15) is 22.5 Å². The summed E-state index contributed by atoms with van der Waals surface area (Å²) in [4.78, 5) is 14.5. The number of furan rings is 1. The van der Waals surface area contributed by atoms with Crippen LogP contribution in [0.15, 0.2) is 65.3 Å². The number of halogens is 1.